The smallest absolute Gasteiger partial charge is 0.119 e. The number of nitriles is 1. The van der Waals surface area contributed by atoms with Gasteiger partial charge in [-0.3, -0.25) is 0 Å². The molecule has 0 saturated heterocycles. The second-order valence-corrected chi connectivity index (χ2v) is 5.93. The van der Waals surface area contributed by atoms with E-state index in [1.165, 1.54) is 0 Å². The first kappa shape index (κ1) is 15.8. The summed E-state index contributed by atoms with van der Waals surface area (Å²) in [5.41, 5.74) is 2.60. The zero-order chi connectivity index (χ0) is 16.9. The van der Waals surface area contributed by atoms with Crippen molar-refractivity contribution in [3.63, 3.8) is 0 Å². The second-order valence-electron chi connectivity index (χ2n) is 5.93. The van der Waals surface area contributed by atoms with E-state index in [0.717, 1.165) is 27.6 Å². The highest BCUT2D eigenvalue weighted by Gasteiger charge is 2.06. The Kier molecular flexibility index (Phi) is 4.63. The molecule has 3 aromatic rings. The Bertz CT molecular complexity index is 909. The molecule has 118 valence electrons. The average Bonchev–Trinajstić information content (AvgIpc) is 2.60. The van der Waals surface area contributed by atoms with Gasteiger partial charge in [0.05, 0.1) is 17.7 Å². The van der Waals surface area contributed by atoms with Crippen LogP contribution in [0.2, 0.25) is 0 Å². The van der Waals surface area contributed by atoms with E-state index in [9.17, 15) is 5.26 Å². The van der Waals surface area contributed by atoms with Crippen LogP contribution >= 0.6 is 0 Å². The molecule has 0 spiro atoms. The number of nitrogens with zero attached hydrogens (tertiary/aromatic N) is 1. The van der Waals surface area contributed by atoms with Gasteiger partial charge in [0.15, 0.2) is 0 Å². The first-order chi connectivity index (χ1) is 11.7. The third kappa shape index (κ3) is 3.47. The molecule has 0 amide bonds. The van der Waals surface area contributed by atoms with Crippen molar-refractivity contribution in [1.82, 2.24) is 0 Å². The van der Waals surface area contributed by atoms with E-state index in [2.05, 4.69) is 24.3 Å². The van der Waals surface area contributed by atoms with Gasteiger partial charge in [-0.15, -0.1) is 0 Å². The third-order valence-corrected chi connectivity index (χ3v) is 3.76. The van der Waals surface area contributed by atoms with E-state index in [-0.39, 0.29) is 6.10 Å². The van der Waals surface area contributed by atoms with Crippen molar-refractivity contribution in [3.8, 4) is 11.8 Å². The SMILES string of the molecule is CC(C)Oc1ccc(/C=C(\C#N)c2cccc3ccccc23)cc1. The van der Waals surface area contributed by atoms with Crippen LogP contribution < -0.4 is 4.74 Å². The number of fused-ring (bicyclic) bond motifs is 1. The van der Waals surface area contributed by atoms with E-state index in [4.69, 9.17) is 4.74 Å². The molecule has 0 aliphatic rings. The summed E-state index contributed by atoms with van der Waals surface area (Å²) in [4.78, 5) is 0. The van der Waals surface area contributed by atoms with Crippen molar-refractivity contribution in [2.45, 2.75) is 20.0 Å². The van der Waals surface area contributed by atoms with Crippen LogP contribution in [0.5, 0.6) is 5.75 Å². The second kappa shape index (κ2) is 7.02. The van der Waals surface area contributed by atoms with E-state index in [1.807, 2.05) is 68.5 Å². The maximum atomic E-state index is 9.63. The molecule has 0 saturated carbocycles. The predicted molar refractivity (Wildman–Crippen MR) is 99.6 cm³/mol. The summed E-state index contributed by atoms with van der Waals surface area (Å²) >= 11 is 0. The van der Waals surface area contributed by atoms with E-state index in [1.54, 1.807) is 0 Å². The fourth-order valence-electron chi connectivity index (χ4n) is 2.71. The van der Waals surface area contributed by atoms with E-state index < -0.39 is 0 Å². The van der Waals surface area contributed by atoms with Gasteiger partial charge in [-0.25, -0.2) is 0 Å². The molecule has 24 heavy (non-hydrogen) atoms. The molecular weight excluding hydrogens is 294 g/mol. The summed E-state index contributed by atoms with van der Waals surface area (Å²) in [7, 11) is 0. The molecule has 0 aliphatic heterocycles. The van der Waals surface area contributed by atoms with Crippen molar-refractivity contribution in [2.75, 3.05) is 0 Å². The maximum Gasteiger partial charge on any atom is 0.119 e. The highest BCUT2D eigenvalue weighted by molar-refractivity contribution is 6.01. The van der Waals surface area contributed by atoms with Crippen molar-refractivity contribution < 1.29 is 4.74 Å². The largest absolute Gasteiger partial charge is 0.491 e. The predicted octanol–water partition coefficient (Wildman–Crippen LogP) is 5.69. The van der Waals surface area contributed by atoms with Crippen LogP contribution in [0, 0.1) is 11.3 Å². The number of rotatable bonds is 4. The van der Waals surface area contributed by atoms with E-state index in [0.29, 0.717) is 5.57 Å². The van der Waals surface area contributed by atoms with Crippen LogP contribution in [-0.4, -0.2) is 6.10 Å². The molecule has 0 aromatic heterocycles. The van der Waals surface area contributed by atoms with Crippen molar-refractivity contribution in [2.24, 2.45) is 0 Å². The number of allylic oxidation sites excluding steroid dienone is 1. The third-order valence-electron chi connectivity index (χ3n) is 3.76. The summed E-state index contributed by atoms with van der Waals surface area (Å²) in [6.07, 6.45) is 2.07. The summed E-state index contributed by atoms with van der Waals surface area (Å²) < 4.78 is 5.66. The van der Waals surface area contributed by atoms with Gasteiger partial charge >= 0.3 is 0 Å². The van der Waals surface area contributed by atoms with Crippen LogP contribution in [0.1, 0.15) is 25.0 Å². The molecule has 0 fully saturated rings. The first-order valence-corrected chi connectivity index (χ1v) is 8.04. The monoisotopic (exact) mass is 313 g/mol. The number of benzene rings is 3. The van der Waals surface area contributed by atoms with Gasteiger partial charge in [-0.05, 0) is 48.4 Å². The molecule has 0 atom stereocenters. The minimum absolute atomic E-state index is 0.150. The van der Waals surface area contributed by atoms with Gasteiger partial charge in [0.1, 0.15) is 5.75 Å². The topological polar surface area (TPSA) is 33.0 Å². The van der Waals surface area contributed by atoms with Crippen molar-refractivity contribution in [1.29, 1.82) is 5.26 Å². The van der Waals surface area contributed by atoms with Crippen molar-refractivity contribution in [3.05, 3.63) is 77.9 Å². The molecule has 0 heterocycles. The summed E-state index contributed by atoms with van der Waals surface area (Å²) in [5.74, 6) is 0.839. The molecule has 2 heteroatoms. The van der Waals surface area contributed by atoms with Gasteiger partial charge < -0.3 is 4.74 Å². The Hall–Kier alpha value is -3.05. The number of hydrogen-bond donors (Lipinski definition) is 0. The average molecular weight is 313 g/mol. The first-order valence-electron chi connectivity index (χ1n) is 8.04. The summed E-state index contributed by atoms with van der Waals surface area (Å²) in [6, 6.07) is 24.3. The van der Waals surface area contributed by atoms with Crippen LogP contribution in [0.15, 0.2) is 66.7 Å². The zero-order valence-corrected chi connectivity index (χ0v) is 13.9. The minimum Gasteiger partial charge on any atom is -0.491 e. The van der Waals surface area contributed by atoms with Gasteiger partial charge in [0, 0.05) is 5.56 Å². The summed E-state index contributed by atoms with van der Waals surface area (Å²) in [6.45, 7) is 4.00. The minimum atomic E-state index is 0.150. The molecule has 0 radical (unpaired) electrons. The van der Waals surface area contributed by atoms with Crippen LogP contribution in [0.4, 0.5) is 0 Å². The Morgan fingerprint density at radius 1 is 0.958 bits per heavy atom. The van der Waals surface area contributed by atoms with Gasteiger partial charge in [0.2, 0.25) is 0 Å². The lowest BCUT2D eigenvalue weighted by Crippen LogP contribution is -2.05. The van der Waals surface area contributed by atoms with Gasteiger partial charge in [-0.1, -0.05) is 54.6 Å². The quantitative estimate of drug-likeness (QED) is 0.458. The fraction of sp³-hybridized carbons (Fsp3) is 0.136. The lowest BCUT2D eigenvalue weighted by atomic mass is 9.97. The van der Waals surface area contributed by atoms with Crippen LogP contribution in [0.25, 0.3) is 22.4 Å². The molecule has 3 rings (SSSR count). The highest BCUT2D eigenvalue weighted by atomic mass is 16.5. The Morgan fingerprint density at radius 2 is 1.67 bits per heavy atom. The Balaban J connectivity index is 1.99. The number of hydrogen-bond acceptors (Lipinski definition) is 2. The van der Waals surface area contributed by atoms with Gasteiger partial charge in [-0.2, -0.15) is 5.26 Å². The fourth-order valence-corrected chi connectivity index (χ4v) is 2.71. The molecule has 0 unspecified atom stereocenters. The maximum absolute atomic E-state index is 9.63. The normalized spacial score (nSPS) is 11.5. The molecule has 3 aromatic carbocycles. The standard InChI is InChI=1S/C22H19NO/c1-16(2)24-20-12-10-17(11-13-20)14-19(15-23)22-9-5-7-18-6-3-4-8-21(18)22/h3-14,16H,1-2H3/b19-14+. The number of ether oxygens (including phenoxy) is 1. The highest BCUT2D eigenvalue weighted by Crippen LogP contribution is 2.27. The molecule has 0 N–H and O–H groups in total. The zero-order valence-electron chi connectivity index (χ0n) is 13.9. The van der Waals surface area contributed by atoms with Gasteiger partial charge in [0.25, 0.3) is 0 Å². The molecule has 2 nitrogen and oxygen atoms in total. The van der Waals surface area contributed by atoms with E-state index >= 15 is 0 Å². The molecule has 0 bridgehead atoms. The van der Waals surface area contributed by atoms with Crippen molar-refractivity contribution >= 4 is 22.4 Å². The van der Waals surface area contributed by atoms with Crippen LogP contribution in [-0.2, 0) is 0 Å². The molecular formula is C22H19NO. The Labute approximate surface area is 142 Å². The lowest BCUT2D eigenvalue weighted by Gasteiger charge is -2.09. The lowest BCUT2D eigenvalue weighted by molar-refractivity contribution is 0.242. The van der Waals surface area contributed by atoms with Crippen LogP contribution in [0.3, 0.4) is 0 Å². The Morgan fingerprint density at radius 3 is 2.38 bits per heavy atom. The molecule has 0 aliphatic carbocycles. The summed E-state index contributed by atoms with van der Waals surface area (Å²) in [5, 5.41) is 11.9.